The Kier molecular flexibility index (Phi) is 7.66. The molecule has 0 radical (unpaired) electrons. The number of rotatable bonds is 7. The SMILES string of the molecule is CN1CCN(C(=O)c2ccc(CNC(=O)CCSc3ccc(F)cc3)cc2)CC1. The summed E-state index contributed by atoms with van der Waals surface area (Å²) < 4.78 is 12.9. The molecule has 29 heavy (non-hydrogen) atoms. The van der Waals surface area contributed by atoms with Crippen LogP contribution in [0.15, 0.2) is 53.4 Å². The molecule has 2 aromatic rings. The largest absolute Gasteiger partial charge is 0.352 e. The monoisotopic (exact) mass is 415 g/mol. The van der Waals surface area contributed by atoms with Crippen molar-refractivity contribution in [2.75, 3.05) is 39.0 Å². The summed E-state index contributed by atoms with van der Waals surface area (Å²) in [6.45, 7) is 3.74. The van der Waals surface area contributed by atoms with Crippen LogP contribution in [0.2, 0.25) is 0 Å². The van der Waals surface area contributed by atoms with Gasteiger partial charge in [-0.25, -0.2) is 4.39 Å². The van der Waals surface area contributed by atoms with E-state index in [1.807, 2.05) is 29.2 Å². The molecule has 0 atom stereocenters. The van der Waals surface area contributed by atoms with Crippen molar-refractivity contribution in [2.45, 2.75) is 17.9 Å². The van der Waals surface area contributed by atoms with Crippen molar-refractivity contribution in [3.05, 3.63) is 65.5 Å². The van der Waals surface area contributed by atoms with Crippen LogP contribution in [0.1, 0.15) is 22.3 Å². The van der Waals surface area contributed by atoms with Crippen LogP contribution in [0.25, 0.3) is 0 Å². The van der Waals surface area contributed by atoms with Gasteiger partial charge >= 0.3 is 0 Å². The molecule has 2 amide bonds. The minimum Gasteiger partial charge on any atom is -0.352 e. The number of carbonyl (C=O) groups excluding carboxylic acids is 2. The Balaban J connectivity index is 1.39. The Bertz CT molecular complexity index is 819. The molecule has 0 saturated carbocycles. The van der Waals surface area contributed by atoms with E-state index in [0.717, 1.165) is 36.6 Å². The maximum atomic E-state index is 12.9. The summed E-state index contributed by atoms with van der Waals surface area (Å²) in [4.78, 5) is 29.6. The predicted octanol–water partition coefficient (Wildman–Crippen LogP) is 3.01. The molecular formula is C22H26FN3O2S. The number of carbonyl (C=O) groups is 2. The Hall–Kier alpha value is -2.38. The number of hydrogen-bond donors (Lipinski definition) is 1. The van der Waals surface area contributed by atoms with Gasteiger partial charge in [-0.15, -0.1) is 11.8 Å². The molecule has 7 heteroatoms. The topological polar surface area (TPSA) is 52.6 Å². The minimum absolute atomic E-state index is 0.0304. The zero-order chi connectivity index (χ0) is 20.6. The van der Waals surface area contributed by atoms with Gasteiger partial charge in [0.2, 0.25) is 5.91 Å². The van der Waals surface area contributed by atoms with Gasteiger partial charge in [0.25, 0.3) is 5.91 Å². The Morgan fingerprint density at radius 2 is 1.66 bits per heavy atom. The number of nitrogens with one attached hydrogen (secondary N) is 1. The van der Waals surface area contributed by atoms with E-state index >= 15 is 0 Å². The number of thioether (sulfide) groups is 1. The number of likely N-dealkylation sites (N-methyl/N-ethyl adjacent to an activating group) is 1. The number of hydrogen-bond acceptors (Lipinski definition) is 4. The molecular weight excluding hydrogens is 389 g/mol. The van der Waals surface area contributed by atoms with Crippen molar-refractivity contribution in [3.63, 3.8) is 0 Å². The van der Waals surface area contributed by atoms with Crippen molar-refractivity contribution in [3.8, 4) is 0 Å². The van der Waals surface area contributed by atoms with Crippen molar-refractivity contribution in [1.29, 1.82) is 0 Å². The van der Waals surface area contributed by atoms with E-state index in [4.69, 9.17) is 0 Å². The second-order valence-electron chi connectivity index (χ2n) is 7.12. The van der Waals surface area contributed by atoms with Crippen molar-refractivity contribution in [1.82, 2.24) is 15.1 Å². The molecule has 0 aliphatic carbocycles. The second-order valence-corrected chi connectivity index (χ2v) is 8.29. The Morgan fingerprint density at radius 1 is 1.00 bits per heavy atom. The average molecular weight is 416 g/mol. The summed E-state index contributed by atoms with van der Waals surface area (Å²) in [5, 5.41) is 2.90. The van der Waals surface area contributed by atoms with Crippen LogP contribution >= 0.6 is 11.8 Å². The summed E-state index contributed by atoms with van der Waals surface area (Å²) in [7, 11) is 2.06. The number of nitrogens with zero attached hydrogens (tertiary/aromatic N) is 2. The predicted molar refractivity (Wildman–Crippen MR) is 113 cm³/mol. The van der Waals surface area contributed by atoms with E-state index in [9.17, 15) is 14.0 Å². The first-order valence-electron chi connectivity index (χ1n) is 9.73. The van der Waals surface area contributed by atoms with Crippen molar-refractivity contribution >= 4 is 23.6 Å². The fourth-order valence-electron chi connectivity index (χ4n) is 3.04. The van der Waals surface area contributed by atoms with Gasteiger partial charge in [0.05, 0.1) is 0 Å². The van der Waals surface area contributed by atoms with E-state index in [1.54, 1.807) is 12.1 Å². The van der Waals surface area contributed by atoms with Gasteiger partial charge in [0, 0.05) is 55.4 Å². The lowest BCUT2D eigenvalue weighted by Gasteiger charge is -2.32. The second kappa shape index (κ2) is 10.4. The van der Waals surface area contributed by atoms with Crippen LogP contribution in [0.4, 0.5) is 4.39 Å². The third-order valence-electron chi connectivity index (χ3n) is 4.89. The molecule has 0 unspecified atom stereocenters. The van der Waals surface area contributed by atoms with Crippen LogP contribution in [-0.4, -0.2) is 60.6 Å². The first-order valence-corrected chi connectivity index (χ1v) is 10.7. The van der Waals surface area contributed by atoms with Gasteiger partial charge in [-0.2, -0.15) is 0 Å². The van der Waals surface area contributed by atoms with E-state index in [1.165, 1.54) is 23.9 Å². The first kappa shape index (κ1) is 21.3. The third kappa shape index (κ3) is 6.58. The summed E-state index contributed by atoms with van der Waals surface area (Å²) in [6, 6.07) is 13.7. The maximum absolute atomic E-state index is 12.9. The molecule has 0 bridgehead atoms. The molecule has 1 aliphatic rings. The van der Waals surface area contributed by atoms with Gasteiger partial charge < -0.3 is 15.1 Å². The Labute approximate surface area is 175 Å². The molecule has 1 heterocycles. The summed E-state index contributed by atoms with van der Waals surface area (Å²) in [5.41, 5.74) is 1.64. The molecule has 0 aromatic heterocycles. The van der Waals surface area contributed by atoms with Gasteiger partial charge in [0.15, 0.2) is 0 Å². The fourth-order valence-corrected chi connectivity index (χ4v) is 3.89. The van der Waals surface area contributed by atoms with Gasteiger partial charge in [-0.05, 0) is 49.0 Å². The zero-order valence-electron chi connectivity index (χ0n) is 16.6. The number of benzene rings is 2. The normalized spacial score (nSPS) is 14.6. The maximum Gasteiger partial charge on any atom is 0.253 e. The van der Waals surface area contributed by atoms with E-state index in [0.29, 0.717) is 24.3 Å². The molecule has 5 nitrogen and oxygen atoms in total. The average Bonchev–Trinajstić information content (AvgIpc) is 2.74. The summed E-state index contributed by atoms with van der Waals surface area (Å²) in [6.07, 6.45) is 0.391. The van der Waals surface area contributed by atoms with E-state index < -0.39 is 0 Å². The fraction of sp³-hybridized carbons (Fsp3) is 0.364. The highest BCUT2D eigenvalue weighted by Crippen LogP contribution is 2.18. The lowest BCUT2D eigenvalue weighted by molar-refractivity contribution is -0.120. The van der Waals surface area contributed by atoms with Crippen LogP contribution < -0.4 is 5.32 Å². The lowest BCUT2D eigenvalue weighted by atomic mass is 10.1. The number of piperazine rings is 1. The highest BCUT2D eigenvalue weighted by molar-refractivity contribution is 7.99. The van der Waals surface area contributed by atoms with Crippen LogP contribution in [0.3, 0.4) is 0 Å². The number of halogens is 1. The Morgan fingerprint density at radius 3 is 2.31 bits per heavy atom. The summed E-state index contributed by atoms with van der Waals surface area (Å²) in [5.74, 6) is 0.405. The molecule has 0 spiro atoms. The molecule has 3 rings (SSSR count). The van der Waals surface area contributed by atoms with Gasteiger partial charge in [0.1, 0.15) is 5.82 Å². The van der Waals surface area contributed by atoms with Gasteiger partial charge in [-0.1, -0.05) is 12.1 Å². The highest BCUT2D eigenvalue weighted by Gasteiger charge is 2.20. The molecule has 2 aromatic carbocycles. The van der Waals surface area contributed by atoms with Crippen molar-refractivity contribution < 1.29 is 14.0 Å². The molecule has 154 valence electrons. The minimum atomic E-state index is -0.261. The molecule has 1 N–H and O–H groups in total. The standard InChI is InChI=1S/C22H26FN3O2S/c1-25-11-13-26(14-12-25)22(28)18-4-2-17(3-5-18)16-24-21(27)10-15-29-20-8-6-19(23)7-9-20/h2-9H,10-16H2,1H3,(H,24,27). The third-order valence-corrected chi connectivity index (χ3v) is 5.91. The van der Waals surface area contributed by atoms with Crippen LogP contribution in [-0.2, 0) is 11.3 Å². The summed E-state index contributed by atoms with van der Waals surface area (Å²) >= 11 is 1.53. The zero-order valence-corrected chi connectivity index (χ0v) is 17.4. The molecule has 1 saturated heterocycles. The quantitative estimate of drug-likeness (QED) is 0.707. The van der Waals surface area contributed by atoms with E-state index in [-0.39, 0.29) is 17.6 Å². The van der Waals surface area contributed by atoms with E-state index in [2.05, 4.69) is 17.3 Å². The highest BCUT2D eigenvalue weighted by atomic mass is 32.2. The van der Waals surface area contributed by atoms with Crippen molar-refractivity contribution in [2.24, 2.45) is 0 Å². The van der Waals surface area contributed by atoms with Gasteiger partial charge in [-0.3, -0.25) is 9.59 Å². The lowest BCUT2D eigenvalue weighted by Crippen LogP contribution is -2.47. The molecule has 1 aliphatic heterocycles. The van der Waals surface area contributed by atoms with Crippen LogP contribution in [0.5, 0.6) is 0 Å². The van der Waals surface area contributed by atoms with Crippen LogP contribution in [0, 0.1) is 5.82 Å². The number of amides is 2. The molecule has 1 fully saturated rings. The first-order chi connectivity index (χ1) is 14.0. The smallest absolute Gasteiger partial charge is 0.253 e.